The molecule has 1 aromatic rings. The Labute approximate surface area is 119 Å². The Hall–Kier alpha value is -1.53. The Bertz CT molecular complexity index is 466. The third kappa shape index (κ3) is 2.53. The van der Waals surface area contributed by atoms with Crippen LogP contribution in [0.15, 0.2) is 12.3 Å². The van der Waals surface area contributed by atoms with Gasteiger partial charge in [0.15, 0.2) is 0 Å². The third-order valence-corrected chi connectivity index (χ3v) is 4.30. The number of quaternary nitrogens is 1. The molecule has 0 aromatic carbocycles. The van der Waals surface area contributed by atoms with E-state index in [0.29, 0.717) is 4.48 Å². The summed E-state index contributed by atoms with van der Waals surface area (Å²) in [4.78, 5) is 23.0. The zero-order valence-electron chi connectivity index (χ0n) is 11.8. The Balaban J connectivity index is 1.87. The average Bonchev–Trinajstić information content (AvgIpc) is 2.56. The second kappa shape index (κ2) is 5.85. The Kier molecular flexibility index (Phi) is 3.93. The quantitative estimate of drug-likeness (QED) is 0.645. The second-order valence-electron chi connectivity index (χ2n) is 5.60. The molecule has 6 heteroatoms. The van der Waals surface area contributed by atoms with Gasteiger partial charge in [0.2, 0.25) is 11.8 Å². The van der Waals surface area contributed by atoms with Gasteiger partial charge in [-0.25, -0.2) is 14.3 Å². The summed E-state index contributed by atoms with van der Waals surface area (Å²) in [5, 5.41) is 3.29. The fourth-order valence-electron chi connectivity index (χ4n) is 3.02. The van der Waals surface area contributed by atoms with Gasteiger partial charge in [-0.2, -0.15) is 4.98 Å². The molecule has 1 N–H and O–H groups in total. The zero-order chi connectivity index (χ0) is 13.8. The van der Waals surface area contributed by atoms with E-state index < -0.39 is 0 Å². The summed E-state index contributed by atoms with van der Waals surface area (Å²) in [6.45, 7) is 5.27. The van der Waals surface area contributed by atoms with Crippen molar-refractivity contribution in [2.75, 3.05) is 44.2 Å². The molecule has 1 amide bonds. The van der Waals surface area contributed by atoms with Crippen molar-refractivity contribution in [2.24, 2.45) is 0 Å². The van der Waals surface area contributed by atoms with Crippen LogP contribution in [0.4, 0.5) is 11.8 Å². The van der Waals surface area contributed by atoms with Crippen LogP contribution < -0.4 is 14.7 Å². The van der Waals surface area contributed by atoms with E-state index in [9.17, 15) is 4.79 Å². The molecule has 2 aliphatic rings. The molecule has 108 valence electrons. The molecule has 0 spiro atoms. The highest BCUT2D eigenvalue weighted by atomic mass is 16.1. The minimum absolute atomic E-state index is 0.316. The van der Waals surface area contributed by atoms with Gasteiger partial charge < -0.3 is 10.2 Å². The molecule has 3 rings (SSSR count). The molecule has 0 atom stereocenters. The molecule has 3 heterocycles. The molecule has 0 radical (unpaired) electrons. The molecule has 0 bridgehead atoms. The van der Waals surface area contributed by atoms with E-state index in [-0.39, 0.29) is 0 Å². The van der Waals surface area contributed by atoms with Crippen molar-refractivity contribution in [3.63, 3.8) is 0 Å². The van der Waals surface area contributed by atoms with Gasteiger partial charge in [-0.05, 0) is 19.3 Å². The van der Waals surface area contributed by atoms with Gasteiger partial charge in [0.25, 0.3) is 0 Å². The highest BCUT2D eigenvalue weighted by Crippen LogP contribution is 2.23. The lowest BCUT2D eigenvalue weighted by molar-refractivity contribution is -0.118. The summed E-state index contributed by atoms with van der Waals surface area (Å²) in [6.07, 6.45) is 6.51. The first-order chi connectivity index (χ1) is 9.84. The van der Waals surface area contributed by atoms with Crippen LogP contribution >= 0.6 is 0 Å². The van der Waals surface area contributed by atoms with Gasteiger partial charge in [0, 0.05) is 38.4 Å². The number of amides is 1. The molecular formula is C14H22N5O+. The first-order valence-electron chi connectivity index (χ1n) is 7.46. The fraction of sp³-hybridized carbons (Fsp3) is 0.643. The molecule has 20 heavy (non-hydrogen) atoms. The molecule has 0 aliphatic carbocycles. The number of piperidine rings is 1. The summed E-state index contributed by atoms with van der Waals surface area (Å²) >= 11 is 0. The van der Waals surface area contributed by atoms with E-state index in [4.69, 9.17) is 4.98 Å². The number of anilines is 1. The highest BCUT2D eigenvalue weighted by molar-refractivity contribution is 5.67. The number of carbonyl (C=O) groups excluding carboxylic acids is 1. The van der Waals surface area contributed by atoms with Crippen molar-refractivity contribution in [3.8, 4) is 0 Å². The number of piperazine rings is 1. The van der Waals surface area contributed by atoms with Gasteiger partial charge in [0.1, 0.15) is 13.1 Å². The van der Waals surface area contributed by atoms with Gasteiger partial charge in [-0.1, -0.05) is 0 Å². The summed E-state index contributed by atoms with van der Waals surface area (Å²) in [6, 6.07) is 1.88. The molecule has 0 saturated carbocycles. The van der Waals surface area contributed by atoms with E-state index in [2.05, 4.69) is 15.2 Å². The fourth-order valence-corrected chi connectivity index (χ4v) is 3.02. The van der Waals surface area contributed by atoms with E-state index in [1.54, 1.807) is 6.20 Å². The maximum Gasteiger partial charge on any atom is 0.307 e. The summed E-state index contributed by atoms with van der Waals surface area (Å²) in [5.74, 6) is 1.61. The molecule has 2 fully saturated rings. The number of nitrogens with zero attached hydrogens (tertiary/aromatic N) is 4. The first kappa shape index (κ1) is 13.5. The van der Waals surface area contributed by atoms with Gasteiger partial charge in [-0.15, -0.1) is 0 Å². The van der Waals surface area contributed by atoms with E-state index in [0.717, 1.165) is 57.4 Å². The predicted molar refractivity (Wildman–Crippen MR) is 78.6 cm³/mol. The highest BCUT2D eigenvalue weighted by Gasteiger charge is 2.34. The SMILES string of the molecule is O=C[N+]1(c2ccnc(N3CCCCC3)n2)CCNCC1. The molecule has 2 aliphatic heterocycles. The van der Waals surface area contributed by atoms with Gasteiger partial charge in [-0.3, -0.25) is 0 Å². The van der Waals surface area contributed by atoms with Crippen LogP contribution in [0.25, 0.3) is 0 Å². The largest absolute Gasteiger partial charge is 0.341 e. The molecule has 6 nitrogen and oxygen atoms in total. The summed E-state index contributed by atoms with van der Waals surface area (Å²) in [7, 11) is 0. The van der Waals surface area contributed by atoms with Crippen LogP contribution in [0.3, 0.4) is 0 Å². The lowest BCUT2D eigenvalue weighted by Crippen LogP contribution is -2.59. The predicted octanol–water partition coefficient (Wildman–Crippen LogP) is 0.534. The van der Waals surface area contributed by atoms with Gasteiger partial charge >= 0.3 is 6.41 Å². The number of hydrogen-bond acceptors (Lipinski definition) is 5. The minimum Gasteiger partial charge on any atom is -0.341 e. The lowest BCUT2D eigenvalue weighted by Gasteiger charge is -2.34. The second-order valence-corrected chi connectivity index (χ2v) is 5.60. The standard InChI is InChI=1S/C14H22N5O/c20-12-19(10-6-15-7-11-19)13-4-5-16-14(17-13)18-8-2-1-3-9-18/h4-5,12,15H,1-3,6-11H2/q+1. The third-order valence-electron chi connectivity index (χ3n) is 4.30. The van der Waals surface area contributed by atoms with Crippen LogP contribution in [0.5, 0.6) is 0 Å². The maximum absolute atomic E-state index is 11.6. The van der Waals surface area contributed by atoms with E-state index >= 15 is 0 Å². The van der Waals surface area contributed by atoms with Crippen molar-refractivity contribution in [2.45, 2.75) is 19.3 Å². The van der Waals surface area contributed by atoms with Crippen molar-refractivity contribution < 1.29 is 4.79 Å². The van der Waals surface area contributed by atoms with Crippen molar-refractivity contribution in [1.29, 1.82) is 0 Å². The summed E-state index contributed by atoms with van der Waals surface area (Å²) < 4.78 is 0.316. The maximum atomic E-state index is 11.6. The minimum atomic E-state index is 0.316. The number of rotatable bonds is 3. The Morgan fingerprint density at radius 2 is 1.95 bits per heavy atom. The Morgan fingerprint density at radius 1 is 1.20 bits per heavy atom. The monoisotopic (exact) mass is 276 g/mol. The number of carbonyl (C=O) groups is 1. The smallest absolute Gasteiger partial charge is 0.307 e. The van der Waals surface area contributed by atoms with Crippen molar-refractivity contribution in [1.82, 2.24) is 19.8 Å². The van der Waals surface area contributed by atoms with Crippen LogP contribution in [0.1, 0.15) is 19.3 Å². The molecule has 0 unspecified atom stereocenters. The number of nitrogens with one attached hydrogen (secondary N) is 1. The van der Waals surface area contributed by atoms with Crippen molar-refractivity contribution in [3.05, 3.63) is 12.3 Å². The normalized spacial score (nSPS) is 22.5. The number of hydrogen-bond donors (Lipinski definition) is 1. The average molecular weight is 276 g/mol. The summed E-state index contributed by atoms with van der Waals surface area (Å²) in [5.41, 5.74) is 0. The first-order valence-corrected chi connectivity index (χ1v) is 7.46. The molecule has 2 saturated heterocycles. The number of aromatic nitrogens is 2. The zero-order valence-corrected chi connectivity index (χ0v) is 11.8. The topological polar surface area (TPSA) is 58.1 Å². The van der Waals surface area contributed by atoms with Crippen LogP contribution in [-0.4, -0.2) is 55.6 Å². The lowest BCUT2D eigenvalue weighted by atomic mass is 10.1. The van der Waals surface area contributed by atoms with Crippen LogP contribution in [-0.2, 0) is 4.79 Å². The van der Waals surface area contributed by atoms with E-state index in [1.165, 1.54) is 19.3 Å². The Morgan fingerprint density at radius 3 is 2.65 bits per heavy atom. The molecule has 1 aromatic heterocycles. The molecular weight excluding hydrogens is 254 g/mol. The van der Waals surface area contributed by atoms with Crippen molar-refractivity contribution >= 4 is 18.2 Å². The van der Waals surface area contributed by atoms with Crippen LogP contribution in [0.2, 0.25) is 0 Å². The van der Waals surface area contributed by atoms with Gasteiger partial charge in [0.05, 0.1) is 0 Å². The van der Waals surface area contributed by atoms with Crippen LogP contribution in [0, 0.1) is 0 Å². The van der Waals surface area contributed by atoms with E-state index in [1.807, 2.05) is 6.07 Å².